The van der Waals surface area contributed by atoms with Crippen LogP contribution in [0.15, 0.2) is 70.0 Å². The van der Waals surface area contributed by atoms with E-state index in [0.717, 1.165) is 30.3 Å². The van der Waals surface area contributed by atoms with Crippen molar-refractivity contribution in [3.05, 3.63) is 90.6 Å². The molecule has 0 atom stereocenters. The van der Waals surface area contributed by atoms with Gasteiger partial charge in [0.05, 0.1) is 15.1 Å². The minimum absolute atomic E-state index is 0.186. The number of amides is 3. The molecule has 0 aliphatic carbocycles. The minimum Gasteiger partial charge on any atom is -0.490 e. The molecular weight excluding hydrogens is 690 g/mol. The van der Waals surface area contributed by atoms with Gasteiger partial charge in [0.1, 0.15) is 19.0 Å². The van der Waals surface area contributed by atoms with Gasteiger partial charge in [0.2, 0.25) is 5.91 Å². The van der Waals surface area contributed by atoms with Crippen LogP contribution in [-0.2, 0) is 16.2 Å². The Balaban J connectivity index is 1.48. The monoisotopic (exact) mass is 710 g/mol. The van der Waals surface area contributed by atoms with Crippen molar-refractivity contribution < 1.29 is 28.2 Å². The summed E-state index contributed by atoms with van der Waals surface area (Å²) in [5.41, 5.74) is 2.00. The zero-order valence-electron chi connectivity index (χ0n) is 20.0. The van der Waals surface area contributed by atoms with Crippen LogP contribution in [0.2, 0.25) is 0 Å². The van der Waals surface area contributed by atoms with Gasteiger partial charge in [-0.2, -0.15) is 0 Å². The highest BCUT2D eigenvalue weighted by Crippen LogP contribution is 2.38. The third-order valence-electron chi connectivity index (χ3n) is 5.23. The molecule has 1 fully saturated rings. The molecule has 4 rings (SSSR count). The molecule has 3 amide bonds. The Morgan fingerprint density at radius 2 is 1.82 bits per heavy atom. The largest absolute Gasteiger partial charge is 0.490 e. The molecule has 1 saturated heterocycles. The molecule has 3 aromatic rings. The van der Waals surface area contributed by atoms with E-state index < -0.39 is 29.4 Å². The van der Waals surface area contributed by atoms with Crippen LogP contribution in [0.4, 0.5) is 14.9 Å². The number of carbonyl (C=O) groups excluding carboxylic acids is 3. The zero-order chi connectivity index (χ0) is 27.2. The number of hydrogen-bond acceptors (Lipinski definition) is 6. The molecule has 0 aromatic heterocycles. The molecule has 38 heavy (non-hydrogen) atoms. The smallest absolute Gasteiger partial charge is 0.294 e. The van der Waals surface area contributed by atoms with Crippen molar-refractivity contribution in [3.8, 4) is 11.5 Å². The van der Waals surface area contributed by atoms with Crippen LogP contribution in [0.5, 0.6) is 11.5 Å². The Morgan fingerprint density at radius 3 is 2.50 bits per heavy atom. The predicted octanol–water partition coefficient (Wildman–Crippen LogP) is 6.85. The number of imide groups is 1. The van der Waals surface area contributed by atoms with Gasteiger partial charge in [-0.1, -0.05) is 28.1 Å². The van der Waals surface area contributed by atoms with Crippen molar-refractivity contribution in [2.45, 2.75) is 13.5 Å². The van der Waals surface area contributed by atoms with Crippen LogP contribution >= 0.6 is 50.3 Å². The van der Waals surface area contributed by atoms with Crippen LogP contribution in [0.1, 0.15) is 18.1 Å². The average Bonchev–Trinajstić information content (AvgIpc) is 3.13. The number of rotatable bonds is 9. The second kappa shape index (κ2) is 12.8. The van der Waals surface area contributed by atoms with Crippen LogP contribution in [-0.4, -0.2) is 35.1 Å². The van der Waals surface area contributed by atoms with Crippen LogP contribution in [0, 0.1) is 9.39 Å². The van der Waals surface area contributed by atoms with Crippen LogP contribution in [0.3, 0.4) is 0 Å². The molecule has 3 aromatic carbocycles. The third-order valence-corrected chi connectivity index (χ3v) is 7.47. The molecule has 0 bridgehead atoms. The van der Waals surface area contributed by atoms with E-state index in [4.69, 9.17) is 9.47 Å². The Labute approximate surface area is 245 Å². The highest BCUT2D eigenvalue weighted by molar-refractivity contribution is 14.1. The lowest BCUT2D eigenvalue weighted by atomic mass is 10.1. The molecule has 1 aliphatic heterocycles. The first kappa shape index (κ1) is 28.1. The average molecular weight is 711 g/mol. The number of anilines is 1. The van der Waals surface area contributed by atoms with Crippen LogP contribution < -0.4 is 14.8 Å². The first-order chi connectivity index (χ1) is 18.2. The van der Waals surface area contributed by atoms with Crippen molar-refractivity contribution >= 4 is 79.1 Å². The molecular formula is C27H21BrFIN2O5S. The quantitative estimate of drug-likeness (QED) is 0.193. The lowest BCUT2D eigenvalue weighted by molar-refractivity contribution is -0.127. The number of nitrogens with zero attached hydrogens (tertiary/aromatic N) is 1. The van der Waals surface area contributed by atoms with Gasteiger partial charge >= 0.3 is 0 Å². The Hall–Kier alpha value is -2.90. The highest BCUT2D eigenvalue weighted by atomic mass is 127. The van der Waals surface area contributed by atoms with E-state index in [2.05, 4.69) is 43.8 Å². The van der Waals surface area contributed by atoms with Crippen molar-refractivity contribution in [2.75, 3.05) is 18.5 Å². The summed E-state index contributed by atoms with van der Waals surface area (Å²) in [5.74, 6) is -0.484. The number of benzene rings is 3. The predicted molar refractivity (Wildman–Crippen MR) is 157 cm³/mol. The highest BCUT2D eigenvalue weighted by Gasteiger charge is 2.36. The molecule has 0 spiro atoms. The lowest BCUT2D eigenvalue weighted by Crippen LogP contribution is -2.36. The fraction of sp³-hybridized carbons (Fsp3) is 0.148. The van der Waals surface area contributed by atoms with E-state index in [1.807, 2.05) is 37.3 Å². The van der Waals surface area contributed by atoms with Gasteiger partial charge in [0, 0.05) is 10.2 Å². The molecule has 11 heteroatoms. The molecule has 196 valence electrons. The van der Waals surface area contributed by atoms with E-state index >= 15 is 0 Å². The fourth-order valence-electron chi connectivity index (χ4n) is 3.48. The molecule has 1 N–H and O–H groups in total. The number of thioether (sulfide) groups is 1. The third kappa shape index (κ3) is 7.14. The maximum atomic E-state index is 13.1. The normalized spacial score (nSPS) is 14.2. The fourth-order valence-corrected chi connectivity index (χ4v) is 5.36. The van der Waals surface area contributed by atoms with Crippen molar-refractivity contribution in [2.24, 2.45) is 0 Å². The zero-order valence-corrected chi connectivity index (χ0v) is 24.6. The number of halogens is 3. The summed E-state index contributed by atoms with van der Waals surface area (Å²) < 4.78 is 26.7. The standard InChI is InChI=1S/C27H21BrFIN2O5S/c1-2-36-22-12-17(11-21(30)25(22)37-15-16-3-5-18(28)6-4-16)13-23-26(34)32(27(35)38-23)14-24(33)31-20-9-7-19(29)8-10-20/h3-13H,2,14-15H2,1H3,(H,31,33)/b23-13-. The molecule has 0 radical (unpaired) electrons. The summed E-state index contributed by atoms with van der Waals surface area (Å²) in [4.78, 5) is 38.9. The van der Waals surface area contributed by atoms with Gasteiger partial charge < -0.3 is 14.8 Å². The van der Waals surface area contributed by atoms with E-state index in [9.17, 15) is 18.8 Å². The number of carbonyl (C=O) groups is 3. The Kier molecular flexibility index (Phi) is 9.44. The van der Waals surface area contributed by atoms with Crippen molar-refractivity contribution in [3.63, 3.8) is 0 Å². The Morgan fingerprint density at radius 1 is 1.11 bits per heavy atom. The Bertz CT molecular complexity index is 1400. The first-order valence-electron chi connectivity index (χ1n) is 11.4. The van der Waals surface area contributed by atoms with Gasteiger partial charge in [0.15, 0.2) is 11.5 Å². The summed E-state index contributed by atoms with van der Waals surface area (Å²) in [6.45, 7) is 2.17. The van der Waals surface area contributed by atoms with Gasteiger partial charge in [-0.3, -0.25) is 19.3 Å². The van der Waals surface area contributed by atoms with Gasteiger partial charge in [-0.05, 0) is 107 Å². The van der Waals surface area contributed by atoms with Crippen molar-refractivity contribution in [1.29, 1.82) is 0 Å². The van der Waals surface area contributed by atoms with E-state index in [1.165, 1.54) is 24.3 Å². The summed E-state index contributed by atoms with van der Waals surface area (Å²) in [6, 6.07) is 16.6. The van der Waals surface area contributed by atoms with Crippen LogP contribution in [0.25, 0.3) is 6.08 Å². The molecule has 7 nitrogen and oxygen atoms in total. The maximum absolute atomic E-state index is 13.1. The molecule has 0 saturated carbocycles. The summed E-state index contributed by atoms with van der Waals surface area (Å²) >= 11 is 6.32. The van der Waals surface area contributed by atoms with Gasteiger partial charge in [0.25, 0.3) is 11.1 Å². The molecule has 1 aliphatic rings. The van der Waals surface area contributed by atoms with E-state index in [-0.39, 0.29) is 4.91 Å². The molecule has 1 heterocycles. The summed E-state index contributed by atoms with van der Waals surface area (Å²) in [5, 5.41) is 2.00. The lowest BCUT2D eigenvalue weighted by Gasteiger charge is -2.15. The van der Waals surface area contributed by atoms with E-state index in [1.54, 1.807) is 12.1 Å². The number of nitrogens with one attached hydrogen (secondary N) is 1. The summed E-state index contributed by atoms with van der Waals surface area (Å²) in [6.07, 6.45) is 1.59. The van der Waals surface area contributed by atoms with E-state index in [0.29, 0.717) is 36.0 Å². The second-order valence-electron chi connectivity index (χ2n) is 8.00. The van der Waals surface area contributed by atoms with Crippen molar-refractivity contribution in [1.82, 2.24) is 4.90 Å². The van der Waals surface area contributed by atoms with Gasteiger partial charge in [-0.15, -0.1) is 0 Å². The summed E-state index contributed by atoms with van der Waals surface area (Å²) in [7, 11) is 0. The second-order valence-corrected chi connectivity index (χ2v) is 11.1. The number of hydrogen-bond donors (Lipinski definition) is 1. The maximum Gasteiger partial charge on any atom is 0.294 e. The SMILES string of the molecule is CCOc1cc(/C=C2\SC(=O)N(CC(=O)Nc3ccc(F)cc3)C2=O)cc(I)c1OCc1ccc(Br)cc1. The topological polar surface area (TPSA) is 84.9 Å². The number of ether oxygens (including phenoxy) is 2. The van der Waals surface area contributed by atoms with Gasteiger partial charge in [-0.25, -0.2) is 4.39 Å². The first-order valence-corrected chi connectivity index (χ1v) is 14.1. The molecule has 0 unspecified atom stereocenters. The minimum atomic E-state index is -0.571.